The van der Waals surface area contributed by atoms with Gasteiger partial charge in [-0.1, -0.05) is 124 Å². The molecule has 0 spiro atoms. The van der Waals surface area contributed by atoms with Crippen molar-refractivity contribution in [2.24, 2.45) is 11.8 Å². The standard InChI is InChI=1S/C33H58N2O/c1-5-9-13-18-23-30(22-16-11-7-3)24-19-15-21-27-35-29-32(28-34-35)33(36)31(25-17-12-8-4)26-20-14-10-6-2/h28-31H,5-18,20-23,25-27H2,1-4H3. The summed E-state index contributed by atoms with van der Waals surface area (Å²) in [6, 6.07) is 0. The van der Waals surface area contributed by atoms with Crippen LogP contribution >= 0.6 is 0 Å². The maximum absolute atomic E-state index is 13.2. The number of aromatic nitrogens is 2. The van der Waals surface area contributed by atoms with Crippen molar-refractivity contribution in [3.63, 3.8) is 0 Å². The van der Waals surface area contributed by atoms with Gasteiger partial charge in [0.05, 0.1) is 11.8 Å². The molecule has 1 aromatic rings. The van der Waals surface area contributed by atoms with E-state index in [1.165, 1.54) is 96.3 Å². The maximum atomic E-state index is 13.2. The van der Waals surface area contributed by atoms with Crippen molar-refractivity contribution < 1.29 is 4.79 Å². The van der Waals surface area contributed by atoms with Crippen molar-refractivity contribution in [2.45, 2.75) is 163 Å². The van der Waals surface area contributed by atoms with Crippen molar-refractivity contribution in [3.05, 3.63) is 18.0 Å². The predicted octanol–water partition coefficient (Wildman–Crippen LogP) is 10.2. The Labute approximate surface area is 224 Å². The Balaban J connectivity index is 2.53. The molecule has 3 heteroatoms. The summed E-state index contributed by atoms with van der Waals surface area (Å²) in [5.74, 6) is 8.13. The van der Waals surface area contributed by atoms with E-state index in [-0.39, 0.29) is 5.92 Å². The first kappa shape index (κ1) is 32.5. The van der Waals surface area contributed by atoms with Gasteiger partial charge >= 0.3 is 0 Å². The molecule has 0 aliphatic heterocycles. The third-order valence-corrected chi connectivity index (χ3v) is 7.41. The second-order valence-electron chi connectivity index (χ2n) is 10.9. The first-order chi connectivity index (χ1) is 17.7. The summed E-state index contributed by atoms with van der Waals surface area (Å²) >= 11 is 0. The third-order valence-electron chi connectivity index (χ3n) is 7.41. The summed E-state index contributed by atoms with van der Waals surface area (Å²) in [5.41, 5.74) is 0.807. The van der Waals surface area contributed by atoms with Gasteiger partial charge in [-0.15, -0.1) is 5.92 Å². The van der Waals surface area contributed by atoms with Crippen molar-refractivity contribution in [1.82, 2.24) is 9.78 Å². The molecule has 0 radical (unpaired) electrons. The quantitative estimate of drug-likeness (QED) is 0.0854. The van der Waals surface area contributed by atoms with E-state index >= 15 is 0 Å². The summed E-state index contributed by atoms with van der Waals surface area (Å²) in [6.07, 6.45) is 28.0. The molecule has 1 aromatic heterocycles. The molecule has 0 bridgehead atoms. The Bertz CT molecular complexity index is 711. The Morgan fingerprint density at radius 3 is 1.89 bits per heavy atom. The molecule has 0 saturated carbocycles. The maximum Gasteiger partial charge on any atom is 0.169 e. The van der Waals surface area contributed by atoms with Gasteiger partial charge in [0.15, 0.2) is 5.78 Å². The van der Waals surface area contributed by atoms with Crippen LogP contribution < -0.4 is 0 Å². The summed E-state index contributed by atoms with van der Waals surface area (Å²) in [4.78, 5) is 13.2. The number of Topliss-reactive ketones (excluding diaryl/α,β-unsaturated/α-hetero) is 1. The minimum Gasteiger partial charge on any atom is -0.294 e. The van der Waals surface area contributed by atoms with Gasteiger partial charge in [0.25, 0.3) is 0 Å². The first-order valence-corrected chi connectivity index (χ1v) is 15.7. The fourth-order valence-electron chi connectivity index (χ4n) is 5.01. The largest absolute Gasteiger partial charge is 0.294 e. The molecule has 0 N–H and O–H groups in total. The third kappa shape index (κ3) is 15.5. The summed E-state index contributed by atoms with van der Waals surface area (Å²) in [7, 11) is 0. The molecule has 0 aliphatic rings. The normalized spacial score (nSPS) is 12.8. The smallest absolute Gasteiger partial charge is 0.169 e. The zero-order valence-corrected chi connectivity index (χ0v) is 24.5. The first-order valence-electron chi connectivity index (χ1n) is 15.7. The van der Waals surface area contributed by atoms with E-state index in [1.54, 1.807) is 6.20 Å². The van der Waals surface area contributed by atoms with Gasteiger partial charge in [0.1, 0.15) is 0 Å². The highest BCUT2D eigenvalue weighted by Crippen LogP contribution is 2.23. The summed E-state index contributed by atoms with van der Waals surface area (Å²) < 4.78 is 1.96. The average Bonchev–Trinajstić information content (AvgIpc) is 3.36. The highest BCUT2D eigenvalue weighted by Gasteiger charge is 2.20. The van der Waals surface area contributed by atoms with Crippen molar-refractivity contribution in [3.8, 4) is 11.8 Å². The van der Waals surface area contributed by atoms with Crippen molar-refractivity contribution >= 4 is 5.78 Å². The van der Waals surface area contributed by atoms with Crippen molar-refractivity contribution in [1.29, 1.82) is 0 Å². The number of rotatable bonds is 23. The minimum absolute atomic E-state index is 0.166. The predicted molar refractivity (Wildman–Crippen MR) is 156 cm³/mol. The number of hydrogen-bond donors (Lipinski definition) is 0. The van der Waals surface area contributed by atoms with E-state index in [1.807, 2.05) is 10.9 Å². The number of hydrogen-bond acceptors (Lipinski definition) is 2. The van der Waals surface area contributed by atoms with E-state index in [2.05, 4.69) is 44.6 Å². The molecular weight excluding hydrogens is 440 g/mol. The summed E-state index contributed by atoms with van der Waals surface area (Å²) in [6.45, 7) is 9.86. The molecule has 206 valence electrons. The Morgan fingerprint density at radius 2 is 1.28 bits per heavy atom. The number of ketones is 1. The zero-order chi connectivity index (χ0) is 26.3. The zero-order valence-electron chi connectivity index (χ0n) is 24.5. The lowest BCUT2D eigenvalue weighted by Crippen LogP contribution is -2.15. The monoisotopic (exact) mass is 498 g/mol. The molecule has 1 heterocycles. The molecule has 0 aromatic carbocycles. The van der Waals surface area contributed by atoms with Crippen LogP contribution in [0.1, 0.15) is 166 Å². The van der Waals surface area contributed by atoms with Crippen LogP contribution in [-0.4, -0.2) is 15.6 Å². The highest BCUT2D eigenvalue weighted by molar-refractivity contribution is 5.97. The van der Waals surface area contributed by atoms with Gasteiger partial charge in [-0.2, -0.15) is 5.10 Å². The van der Waals surface area contributed by atoms with Gasteiger partial charge in [-0.3, -0.25) is 9.48 Å². The minimum atomic E-state index is 0.166. The van der Waals surface area contributed by atoms with Gasteiger partial charge < -0.3 is 0 Å². The average molecular weight is 499 g/mol. The molecule has 1 rings (SSSR count). The fraction of sp³-hybridized carbons (Fsp3) is 0.818. The van der Waals surface area contributed by atoms with E-state index < -0.39 is 0 Å². The van der Waals surface area contributed by atoms with Crippen LogP contribution in [0.25, 0.3) is 0 Å². The van der Waals surface area contributed by atoms with Gasteiger partial charge in [0, 0.05) is 31.0 Å². The highest BCUT2D eigenvalue weighted by atomic mass is 16.1. The Kier molecular flexibility index (Phi) is 20.4. The molecular formula is C33H58N2O. The molecule has 0 fully saturated rings. The van der Waals surface area contributed by atoms with E-state index in [4.69, 9.17) is 0 Å². The fourth-order valence-corrected chi connectivity index (χ4v) is 5.01. The van der Waals surface area contributed by atoms with E-state index in [9.17, 15) is 4.79 Å². The molecule has 0 saturated heterocycles. The lowest BCUT2D eigenvalue weighted by Gasteiger charge is -2.14. The molecule has 0 aliphatic carbocycles. The number of nitrogens with zero attached hydrogens (tertiary/aromatic N) is 2. The van der Waals surface area contributed by atoms with E-state index in [0.717, 1.165) is 44.2 Å². The van der Waals surface area contributed by atoms with Crippen LogP contribution in [0.2, 0.25) is 0 Å². The number of carbonyl (C=O) groups excluding carboxylic acids is 1. The van der Waals surface area contributed by atoms with Crippen LogP contribution in [0, 0.1) is 23.7 Å². The lowest BCUT2D eigenvalue weighted by atomic mass is 9.89. The van der Waals surface area contributed by atoms with Crippen LogP contribution in [-0.2, 0) is 6.54 Å². The second-order valence-corrected chi connectivity index (χ2v) is 10.9. The van der Waals surface area contributed by atoms with Crippen LogP contribution in [0.5, 0.6) is 0 Å². The summed E-state index contributed by atoms with van der Waals surface area (Å²) in [5, 5.41) is 4.51. The molecule has 3 nitrogen and oxygen atoms in total. The van der Waals surface area contributed by atoms with E-state index in [0.29, 0.717) is 11.7 Å². The molecule has 2 unspecified atom stereocenters. The molecule has 36 heavy (non-hydrogen) atoms. The Hall–Kier alpha value is -1.56. The van der Waals surface area contributed by atoms with Gasteiger partial charge in [-0.05, 0) is 32.1 Å². The number of unbranched alkanes of at least 4 members (excludes halogenated alkanes) is 11. The number of aryl methyl sites for hydroxylation is 1. The second kappa shape index (κ2) is 22.6. The van der Waals surface area contributed by atoms with Crippen LogP contribution in [0.3, 0.4) is 0 Å². The lowest BCUT2D eigenvalue weighted by molar-refractivity contribution is 0.0901. The van der Waals surface area contributed by atoms with Crippen molar-refractivity contribution in [2.75, 3.05) is 0 Å². The van der Waals surface area contributed by atoms with Crippen LogP contribution in [0.4, 0.5) is 0 Å². The topological polar surface area (TPSA) is 34.9 Å². The SMILES string of the molecule is CCCCCCC(C#CCCCn1cc(C(=O)C(CCCCC)CCCCCC)cn1)CCCCC. The number of carbonyl (C=O) groups is 1. The molecule has 2 atom stereocenters. The molecule has 0 amide bonds. The Morgan fingerprint density at radius 1 is 0.750 bits per heavy atom. The van der Waals surface area contributed by atoms with Gasteiger partial charge in [-0.25, -0.2) is 0 Å². The van der Waals surface area contributed by atoms with Crippen LogP contribution in [0.15, 0.2) is 12.4 Å². The van der Waals surface area contributed by atoms with Gasteiger partial charge in [0.2, 0.25) is 0 Å².